The van der Waals surface area contributed by atoms with Crippen LogP contribution in [-0.2, 0) is 16.1 Å². The molecule has 2 aromatic rings. The number of hydrogen-bond donors (Lipinski definition) is 0. The molecule has 0 N–H and O–H groups in total. The summed E-state index contributed by atoms with van der Waals surface area (Å²) in [6.07, 6.45) is 6.45. The van der Waals surface area contributed by atoms with Crippen LogP contribution in [0.3, 0.4) is 0 Å². The summed E-state index contributed by atoms with van der Waals surface area (Å²) in [5.41, 5.74) is 2.43. The smallest absolute Gasteiger partial charge is 0.222 e. The van der Waals surface area contributed by atoms with Crippen LogP contribution in [0.5, 0.6) is 0 Å². The van der Waals surface area contributed by atoms with Gasteiger partial charge in [-0.3, -0.25) is 4.79 Å². The van der Waals surface area contributed by atoms with Gasteiger partial charge in [0.2, 0.25) is 5.91 Å². The predicted octanol–water partition coefficient (Wildman–Crippen LogP) is 2.71. The Balaban J connectivity index is 1.61. The number of amides is 1. The normalized spacial score (nSPS) is 24.0. The van der Waals surface area contributed by atoms with Gasteiger partial charge in [0.1, 0.15) is 5.82 Å². The number of carbonyl (C=O) groups is 1. The van der Waals surface area contributed by atoms with E-state index in [0.717, 1.165) is 49.7 Å². The third-order valence-corrected chi connectivity index (χ3v) is 5.37. The zero-order valence-corrected chi connectivity index (χ0v) is 14.1. The number of hydrogen-bond acceptors (Lipinski definition) is 3. The topological polar surface area (TPSA) is 47.4 Å². The number of carbonyl (C=O) groups excluding carboxylic acids is 1. The molecular formula is C19H23N3O2. The van der Waals surface area contributed by atoms with Gasteiger partial charge in [0.15, 0.2) is 0 Å². The van der Waals surface area contributed by atoms with Crippen LogP contribution in [0.25, 0.3) is 5.69 Å². The third kappa shape index (κ3) is 2.73. The SMILES string of the molecule is Cc1nccn1-c1ccccc1CN1C[C@@]2(CCOC2)CCC1=O. The highest BCUT2D eigenvalue weighted by Gasteiger charge is 2.41. The predicted molar refractivity (Wildman–Crippen MR) is 90.8 cm³/mol. The van der Waals surface area contributed by atoms with E-state index in [1.807, 2.05) is 36.4 Å². The van der Waals surface area contributed by atoms with Crippen LogP contribution in [0, 0.1) is 12.3 Å². The Bertz CT molecular complexity index is 747. The van der Waals surface area contributed by atoms with Gasteiger partial charge in [-0.05, 0) is 31.4 Å². The van der Waals surface area contributed by atoms with E-state index >= 15 is 0 Å². The Morgan fingerprint density at radius 1 is 1.29 bits per heavy atom. The van der Waals surface area contributed by atoms with Crippen molar-refractivity contribution in [3.63, 3.8) is 0 Å². The molecule has 24 heavy (non-hydrogen) atoms. The quantitative estimate of drug-likeness (QED) is 0.872. The van der Waals surface area contributed by atoms with Gasteiger partial charge in [-0.25, -0.2) is 4.98 Å². The fourth-order valence-electron chi connectivity index (χ4n) is 3.94. The van der Waals surface area contributed by atoms with Gasteiger partial charge in [0.25, 0.3) is 0 Å². The molecule has 5 heteroatoms. The van der Waals surface area contributed by atoms with Crippen molar-refractivity contribution in [3.05, 3.63) is 48.0 Å². The second-order valence-corrected chi connectivity index (χ2v) is 7.03. The fourth-order valence-corrected chi connectivity index (χ4v) is 3.94. The summed E-state index contributed by atoms with van der Waals surface area (Å²) in [6.45, 7) is 5.07. The van der Waals surface area contributed by atoms with Gasteiger partial charge in [-0.2, -0.15) is 0 Å². The van der Waals surface area contributed by atoms with E-state index < -0.39 is 0 Å². The molecule has 0 aliphatic carbocycles. The van der Waals surface area contributed by atoms with Crippen molar-refractivity contribution in [2.75, 3.05) is 19.8 Å². The van der Waals surface area contributed by atoms with Crippen LogP contribution in [0.1, 0.15) is 30.7 Å². The number of ether oxygens (including phenoxy) is 1. The Hall–Kier alpha value is -2.14. The second kappa shape index (κ2) is 6.06. The summed E-state index contributed by atoms with van der Waals surface area (Å²) in [6, 6.07) is 8.26. The first-order chi connectivity index (χ1) is 11.7. The summed E-state index contributed by atoms with van der Waals surface area (Å²) < 4.78 is 7.70. The summed E-state index contributed by atoms with van der Waals surface area (Å²) in [7, 11) is 0. The monoisotopic (exact) mass is 325 g/mol. The highest BCUT2D eigenvalue weighted by atomic mass is 16.5. The summed E-state index contributed by atoms with van der Waals surface area (Å²) in [4.78, 5) is 18.8. The maximum atomic E-state index is 12.5. The lowest BCUT2D eigenvalue weighted by Gasteiger charge is -2.39. The first kappa shape index (κ1) is 15.4. The van der Waals surface area contributed by atoms with Gasteiger partial charge in [0.05, 0.1) is 12.3 Å². The van der Waals surface area contributed by atoms with Crippen molar-refractivity contribution >= 4 is 5.91 Å². The molecule has 2 saturated heterocycles. The Morgan fingerprint density at radius 2 is 2.17 bits per heavy atom. The van der Waals surface area contributed by atoms with Gasteiger partial charge in [-0.15, -0.1) is 0 Å². The molecule has 5 nitrogen and oxygen atoms in total. The highest BCUT2D eigenvalue weighted by molar-refractivity contribution is 5.77. The van der Waals surface area contributed by atoms with E-state index in [9.17, 15) is 4.79 Å². The minimum atomic E-state index is 0.174. The largest absolute Gasteiger partial charge is 0.381 e. The molecule has 1 aromatic carbocycles. The lowest BCUT2D eigenvalue weighted by molar-refractivity contribution is -0.138. The summed E-state index contributed by atoms with van der Waals surface area (Å²) >= 11 is 0. The van der Waals surface area contributed by atoms with Crippen LogP contribution in [-0.4, -0.2) is 40.1 Å². The molecule has 2 aliphatic heterocycles. The van der Waals surface area contributed by atoms with E-state index in [0.29, 0.717) is 13.0 Å². The van der Waals surface area contributed by atoms with E-state index in [4.69, 9.17) is 4.74 Å². The zero-order valence-electron chi connectivity index (χ0n) is 14.1. The number of piperidine rings is 1. The lowest BCUT2D eigenvalue weighted by atomic mass is 9.79. The highest BCUT2D eigenvalue weighted by Crippen LogP contribution is 2.38. The number of likely N-dealkylation sites (tertiary alicyclic amines) is 1. The van der Waals surface area contributed by atoms with Crippen molar-refractivity contribution in [3.8, 4) is 5.69 Å². The maximum absolute atomic E-state index is 12.5. The number of rotatable bonds is 3. The number of aryl methyl sites for hydroxylation is 1. The number of aromatic nitrogens is 2. The molecule has 3 heterocycles. The van der Waals surface area contributed by atoms with Crippen molar-refractivity contribution in [2.45, 2.75) is 32.7 Å². The molecule has 2 fully saturated rings. The molecule has 1 spiro atoms. The van der Waals surface area contributed by atoms with Crippen molar-refractivity contribution < 1.29 is 9.53 Å². The van der Waals surface area contributed by atoms with E-state index in [1.54, 1.807) is 0 Å². The van der Waals surface area contributed by atoms with Gasteiger partial charge < -0.3 is 14.2 Å². The first-order valence-electron chi connectivity index (χ1n) is 8.61. The standard InChI is InChI=1S/C19H23N3O2/c1-15-20-9-10-22(15)17-5-3-2-4-16(17)12-21-13-19(7-6-18(21)23)8-11-24-14-19/h2-5,9-10H,6-8,11-14H2,1H3/t19-/m0/s1. The van der Waals surface area contributed by atoms with Gasteiger partial charge in [0, 0.05) is 43.9 Å². The maximum Gasteiger partial charge on any atom is 0.222 e. The number of imidazole rings is 1. The summed E-state index contributed by atoms with van der Waals surface area (Å²) in [5.74, 6) is 1.21. The van der Waals surface area contributed by atoms with Gasteiger partial charge >= 0.3 is 0 Å². The molecule has 0 unspecified atom stereocenters. The Morgan fingerprint density at radius 3 is 2.92 bits per heavy atom. The second-order valence-electron chi connectivity index (χ2n) is 7.03. The molecule has 1 atom stereocenters. The van der Waals surface area contributed by atoms with Crippen molar-refractivity contribution in [2.24, 2.45) is 5.41 Å². The van der Waals surface area contributed by atoms with E-state index in [1.165, 1.54) is 0 Å². The van der Waals surface area contributed by atoms with Crippen LogP contribution in [0.2, 0.25) is 0 Å². The average Bonchev–Trinajstić information content (AvgIpc) is 3.21. The van der Waals surface area contributed by atoms with Crippen LogP contribution >= 0.6 is 0 Å². The number of benzene rings is 1. The molecule has 126 valence electrons. The molecule has 0 saturated carbocycles. The van der Waals surface area contributed by atoms with Crippen molar-refractivity contribution in [1.82, 2.24) is 14.5 Å². The molecule has 0 bridgehead atoms. The molecular weight excluding hydrogens is 302 g/mol. The molecule has 4 rings (SSSR count). The summed E-state index contributed by atoms with van der Waals surface area (Å²) in [5, 5.41) is 0. The molecule has 1 aromatic heterocycles. The average molecular weight is 325 g/mol. The minimum Gasteiger partial charge on any atom is -0.381 e. The third-order valence-electron chi connectivity index (χ3n) is 5.37. The Kier molecular flexibility index (Phi) is 3.88. The van der Waals surface area contributed by atoms with Crippen LogP contribution in [0.15, 0.2) is 36.7 Å². The van der Waals surface area contributed by atoms with E-state index in [-0.39, 0.29) is 11.3 Å². The fraction of sp³-hybridized carbons (Fsp3) is 0.474. The van der Waals surface area contributed by atoms with Gasteiger partial charge in [-0.1, -0.05) is 18.2 Å². The lowest BCUT2D eigenvalue weighted by Crippen LogP contribution is -2.46. The number of para-hydroxylation sites is 1. The zero-order chi connectivity index (χ0) is 16.6. The molecule has 0 radical (unpaired) electrons. The molecule has 2 aliphatic rings. The number of nitrogens with zero attached hydrogens (tertiary/aromatic N) is 3. The van der Waals surface area contributed by atoms with Crippen LogP contribution < -0.4 is 0 Å². The molecule has 1 amide bonds. The van der Waals surface area contributed by atoms with E-state index in [2.05, 4.69) is 21.7 Å². The first-order valence-corrected chi connectivity index (χ1v) is 8.61. The Labute approximate surface area is 142 Å². The minimum absolute atomic E-state index is 0.174. The van der Waals surface area contributed by atoms with Crippen LogP contribution in [0.4, 0.5) is 0 Å². The van der Waals surface area contributed by atoms with Crippen molar-refractivity contribution in [1.29, 1.82) is 0 Å².